The lowest BCUT2D eigenvalue weighted by molar-refractivity contribution is 0.279. The van der Waals surface area contributed by atoms with Crippen molar-refractivity contribution in [2.75, 3.05) is 13.1 Å². The molecule has 15 heavy (non-hydrogen) atoms. The summed E-state index contributed by atoms with van der Waals surface area (Å²) in [5.41, 5.74) is 0. The first-order valence-corrected chi connectivity index (χ1v) is 5.83. The van der Waals surface area contributed by atoms with Crippen molar-refractivity contribution in [1.29, 1.82) is 0 Å². The molecule has 0 spiro atoms. The second kappa shape index (κ2) is 4.79. The van der Waals surface area contributed by atoms with Gasteiger partial charge in [-0.1, -0.05) is 13.8 Å². The monoisotopic (exact) mass is 208 g/mol. The minimum absolute atomic E-state index is 0.820. The number of nitrogens with zero attached hydrogens (tertiary/aromatic N) is 2. The second-order valence-electron chi connectivity index (χ2n) is 4.99. The summed E-state index contributed by atoms with van der Waals surface area (Å²) in [7, 11) is 0. The van der Waals surface area contributed by atoms with Crippen molar-refractivity contribution in [2.45, 2.75) is 33.2 Å². The third kappa shape index (κ3) is 3.06. The molecule has 0 bridgehead atoms. The molecule has 1 saturated heterocycles. The first-order valence-electron chi connectivity index (χ1n) is 5.83. The van der Waals surface area contributed by atoms with Crippen LogP contribution in [0.5, 0.6) is 0 Å². The van der Waals surface area contributed by atoms with E-state index in [1.54, 1.807) is 0 Å². The lowest BCUT2D eigenvalue weighted by Crippen LogP contribution is -2.20. The lowest BCUT2D eigenvalue weighted by Gasteiger charge is -2.15. The van der Waals surface area contributed by atoms with E-state index in [-0.39, 0.29) is 0 Å². The smallest absolute Gasteiger partial charge is 0.180 e. The van der Waals surface area contributed by atoms with Crippen molar-refractivity contribution >= 4 is 0 Å². The first-order chi connectivity index (χ1) is 7.24. The SMILES string of the molecule is CC(C)CC1CCN(Cc2cnco2)C1. The number of oxazole rings is 1. The molecule has 0 aliphatic carbocycles. The summed E-state index contributed by atoms with van der Waals surface area (Å²) in [6.07, 6.45) is 6.02. The lowest BCUT2D eigenvalue weighted by atomic mass is 9.97. The van der Waals surface area contributed by atoms with Crippen molar-refractivity contribution in [1.82, 2.24) is 9.88 Å². The topological polar surface area (TPSA) is 29.3 Å². The molecule has 1 aliphatic rings. The van der Waals surface area contributed by atoms with Crippen LogP contribution in [0.4, 0.5) is 0 Å². The van der Waals surface area contributed by atoms with Crippen molar-refractivity contribution < 1.29 is 4.42 Å². The Morgan fingerprint density at radius 1 is 1.60 bits per heavy atom. The molecule has 3 heteroatoms. The Labute approximate surface area is 91.5 Å². The molecule has 0 radical (unpaired) electrons. The van der Waals surface area contributed by atoms with Crippen molar-refractivity contribution in [2.24, 2.45) is 11.8 Å². The summed E-state index contributed by atoms with van der Waals surface area (Å²) < 4.78 is 5.26. The summed E-state index contributed by atoms with van der Waals surface area (Å²) in [5.74, 6) is 2.69. The molecule has 2 rings (SSSR count). The van der Waals surface area contributed by atoms with Gasteiger partial charge in [0.2, 0.25) is 0 Å². The maximum absolute atomic E-state index is 5.26. The average molecular weight is 208 g/mol. The zero-order chi connectivity index (χ0) is 10.7. The van der Waals surface area contributed by atoms with Crippen LogP contribution in [-0.2, 0) is 6.54 Å². The van der Waals surface area contributed by atoms with Gasteiger partial charge < -0.3 is 4.42 Å². The van der Waals surface area contributed by atoms with Crippen LogP contribution in [-0.4, -0.2) is 23.0 Å². The molecule has 0 saturated carbocycles. The summed E-state index contributed by atoms with van der Waals surface area (Å²) in [5, 5.41) is 0. The molecular weight excluding hydrogens is 188 g/mol. The van der Waals surface area contributed by atoms with Gasteiger partial charge in [-0.25, -0.2) is 4.98 Å². The number of hydrogen-bond acceptors (Lipinski definition) is 3. The van der Waals surface area contributed by atoms with Gasteiger partial charge in [-0.05, 0) is 31.2 Å². The highest BCUT2D eigenvalue weighted by Crippen LogP contribution is 2.24. The molecule has 0 N–H and O–H groups in total. The van der Waals surface area contributed by atoms with E-state index in [1.165, 1.54) is 32.3 Å². The Kier molecular flexibility index (Phi) is 3.41. The van der Waals surface area contributed by atoms with Gasteiger partial charge in [0, 0.05) is 6.54 Å². The molecule has 1 unspecified atom stereocenters. The zero-order valence-corrected chi connectivity index (χ0v) is 9.65. The molecule has 84 valence electrons. The van der Waals surface area contributed by atoms with Crippen LogP contribution in [0.3, 0.4) is 0 Å². The van der Waals surface area contributed by atoms with E-state index in [0.717, 1.165) is 24.1 Å². The normalized spacial score (nSPS) is 22.7. The molecule has 3 nitrogen and oxygen atoms in total. The number of likely N-dealkylation sites (tertiary alicyclic amines) is 1. The predicted octanol–water partition coefficient (Wildman–Crippen LogP) is 2.54. The molecule has 1 aromatic rings. The second-order valence-corrected chi connectivity index (χ2v) is 4.99. The average Bonchev–Trinajstić information content (AvgIpc) is 2.77. The highest BCUT2D eigenvalue weighted by atomic mass is 16.3. The van der Waals surface area contributed by atoms with Gasteiger partial charge in [0.1, 0.15) is 5.76 Å². The van der Waals surface area contributed by atoms with E-state index in [0.29, 0.717) is 0 Å². The van der Waals surface area contributed by atoms with Gasteiger partial charge >= 0.3 is 0 Å². The maximum Gasteiger partial charge on any atom is 0.180 e. The Morgan fingerprint density at radius 2 is 2.47 bits per heavy atom. The van der Waals surface area contributed by atoms with Crippen LogP contribution >= 0.6 is 0 Å². The van der Waals surface area contributed by atoms with Gasteiger partial charge in [-0.15, -0.1) is 0 Å². The molecule has 0 aromatic carbocycles. The number of rotatable bonds is 4. The van der Waals surface area contributed by atoms with E-state index in [1.807, 2.05) is 6.20 Å². The summed E-state index contributed by atoms with van der Waals surface area (Å²) in [4.78, 5) is 6.40. The Bertz CT molecular complexity index is 282. The van der Waals surface area contributed by atoms with Gasteiger partial charge in [-0.2, -0.15) is 0 Å². The van der Waals surface area contributed by atoms with Crippen LogP contribution in [0, 0.1) is 11.8 Å². The Balaban J connectivity index is 1.78. The van der Waals surface area contributed by atoms with Crippen molar-refractivity contribution in [3.63, 3.8) is 0 Å². The van der Waals surface area contributed by atoms with Crippen LogP contribution in [0.15, 0.2) is 17.0 Å². The molecule has 1 atom stereocenters. The van der Waals surface area contributed by atoms with E-state index in [9.17, 15) is 0 Å². The standard InChI is InChI=1S/C12H20N2O/c1-10(2)5-11-3-4-14(7-11)8-12-6-13-9-15-12/h6,9-11H,3-5,7-8H2,1-2H3. The number of aromatic nitrogens is 1. The van der Waals surface area contributed by atoms with Gasteiger partial charge in [0.25, 0.3) is 0 Å². The minimum atomic E-state index is 0.820. The first kappa shape index (κ1) is 10.7. The van der Waals surface area contributed by atoms with Crippen LogP contribution < -0.4 is 0 Å². The van der Waals surface area contributed by atoms with Crippen LogP contribution in [0.1, 0.15) is 32.4 Å². The van der Waals surface area contributed by atoms with Crippen LogP contribution in [0.2, 0.25) is 0 Å². The fraction of sp³-hybridized carbons (Fsp3) is 0.750. The van der Waals surface area contributed by atoms with Crippen LogP contribution in [0.25, 0.3) is 0 Å². The quantitative estimate of drug-likeness (QED) is 0.761. The fourth-order valence-corrected chi connectivity index (χ4v) is 2.46. The summed E-state index contributed by atoms with van der Waals surface area (Å²) in [6, 6.07) is 0. The molecule has 2 heterocycles. The third-order valence-corrected chi connectivity index (χ3v) is 3.04. The van der Waals surface area contributed by atoms with Gasteiger partial charge in [0.15, 0.2) is 6.39 Å². The van der Waals surface area contributed by atoms with E-state index in [4.69, 9.17) is 4.42 Å². The molecule has 0 amide bonds. The Morgan fingerprint density at radius 3 is 3.13 bits per heavy atom. The van der Waals surface area contributed by atoms with E-state index < -0.39 is 0 Å². The minimum Gasteiger partial charge on any atom is -0.447 e. The largest absolute Gasteiger partial charge is 0.447 e. The molecule has 1 aliphatic heterocycles. The molecule has 1 fully saturated rings. The summed E-state index contributed by atoms with van der Waals surface area (Å²) in [6.45, 7) is 7.96. The predicted molar refractivity (Wildman–Crippen MR) is 59.3 cm³/mol. The number of hydrogen-bond donors (Lipinski definition) is 0. The van der Waals surface area contributed by atoms with E-state index in [2.05, 4.69) is 23.7 Å². The zero-order valence-electron chi connectivity index (χ0n) is 9.65. The van der Waals surface area contributed by atoms with Crippen molar-refractivity contribution in [3.05, 3.63) is 18.4 Å². The molecule has 1 aromatic heterocycles. The highest BCUT2D eigenvalue weighted by molar-refractivity contribution is 4.90. The van der Waals surface area contributed by atoms with Gasteiger partial charge in [0.05, 0.1) is 12.7 Å². The highest BCUT2D eigenvalue weighted by Gasteiger charge is 2.23. The Hall–Kier alpha value is -0.830. The third-order valence-electron chi connectivity index (χ3n) is 3.04. The summed E-state index contributed by atoms with van der Waals surface area (Å²) >= 11 is 0. The van der Waals surface area contributed by atoms with E-state index >= 15 is 0 Å². The van der Waals surface area contributed by atoms with Gasteiger partial charge in [-0.3, -0.25) is 4.90 Å². The fourth-order valence-electron chi connectivity index (χ4n) is 2.46. The van der Waals surface area contributed by atoms with Crippen molar-refractivity contribution in [3.8, 4) is 0 Å². The maximum atomic E-state index is 5.26. The molecular formula is C12H20N2O.